The van der Waals surface area contributed by atoms with Gasteiger partial charge in [-0.25, -0.2) is 0 Å². The lowest BCUT2D eigenvalue weighted by molar-refractivity contribution is 0.0746. The molecule has 37 heavy (non-hydrogen) atoms. The fourth-order valence-corrected chi connectivity index (χ4v) is 6.16. The van der Waals surface area contributed by atoms with E-state index < -0.39 is 0 Å². The van der Waals surface area contributed by atoms with Crippen LogP contribution in [0.4, 0.5) is 11.4 Å². The second kappa shape index (κ2) is 11.1. The number of halogens is 2. The van der Waals surface area contributed by atoms with Gasteiger partial charge in [-0.2, -0.15) is 0 Å². The predicted octanol–water partition coefficient (Wildman–Crippen LogP) is 6.30. The maximum atomic E-state index is 12.9. The molecule has 0 radical (unpaired) electrons. The molecule has 2 N–H and O–H groups in total. The maximum Gasteiger partial charge on any atom is 0.269 e. The van der Waals surface area contributed by atoms with Crippen LogP contribution in [-0.4, -0.2) is 48.0 Å². The number of para-hydroxylation sites is 2. The fourth-order valence-electron chi connectivity index (χ4n) is 4.27. The second-order valence-electron chi connectivity index (χ2n) is 8.46. The zero-order valence-electron chi connectivity index (χ0n) is 19.5. The first kappa shape index (κ1) is 25.5. The van der Waals surface area contributed by atoms with E-state index in [4.69, 9.17) is 35.4 Å². The van der Waals surface area contributed by atoms with E-state index in [1.54, 1.807) is 18.2 Å². The van der Waals surface area contributed by atoms with Gasteiger partial charge in [0.15, 0.2) is 5.11 Å². The summed E-state index contributed by atoms with van der Waals surface area (Å²) in [5.74, 6) is -0.344. The molecule has 0 atom stereocenters. The van der Waals surface area contributed by atoms with E-state index in [9.17, 15) is 9.59 Å². The number of rotatable bonds is 4. The number of fused-ring (bicyclic) bond motifs is 1. The van der Waals surface area contributed by atoms with Crippen LogP contribution in [0.3, 0.4) is 0 Å². The van der Waals surface area contributed by atoms with Crippen molar-refractivity contribution >= 4 is 85.1 Å². The molecule has 0 saturated carbocycles. The first-order chi connectivity index (χ1) is 17.9. The maximum absolute atomic E-state index is 12.9. The van der Waals surface area contributed by atoms with Crippen molar-refractivity contribution in [1.82, 2.24) is 10.2 Å². The lowest BCUT2D eigenvalue weighted by Gasteiger charge is -2.37. The summed E-state index contributed by atoms with van der Waals surface area (Å²) in [7, 11) is 0. The Morgan fingerprint density at radius 3 is 2.35 bits per heavy atom. The highest BCUT2D eigenvalue weighted by Gasteiger charge is 2.24. The van der Waals surface area contributed by atoms with E-state index in [-0.39, 0.29) is 16.9 Å². The molecule has 5 rings (SSSR count). The van der Waals surface area contributed by atoms with Crippen molar-refractivity contribution in [2.75, 3.05) is 36.4 Å². The highest BCUT2D eigenvalue weighted by Crippen LogP contribution is 2.36. The summed E-state index contributed by atoms with van der Waals surface area (Å²) in [6, 6.07) is 22.4. The van der Waals surface area contributed by atoms with Crippen LogP contribution in [-0.2, 0) is 0 Å². The molecule has 2 amide bonds. The van der Waals surface area contributed by atoms with E-state index in [1.165, 1.54) is 11.3 Å². The molecule has 10 heteroatoms. The summed E-state index contributed by atoms with van der Waals surface area (Å²) in [5, 5.41) is 7.78. The number of thiocarbonyl (C=S) groups is 1. The summed E-state index contributed by atoms with van der Waals surface area (Å²) in [6.07, 6.45) is 0. The molecular formula is C27H22Cl2N4O2S2. The average molecular weight is 570 g/mol. The Labute approximate surface area is 233 Å². The summed E-state index contributed by atoms with van der Waals surface area (Å²) < 4.78 is 0.830. The topological polar surface area (TPSA) is 64.7 Å². The third kappa shape index (κ3) is 5.57. The SMILES string of the molecule is O=C(NC(=S)Nc1ccccc1N1CCN(C(=O)c2ccccc2)CC1)c1sc2cc(Cl)ccc2c1Cl. The number of benzene rings is 3. The van der Waals surface area contributed by atoms with Gasteiger partial charge in [0.05, 0.1) is 16.4 Å². The van der Waals surface area contributed by atoms with Crippen molar-refractivity contribution in [3.8, 4) is 0 Å². The Morgan fingerprint density at radius 2 is 1.59 bits per heavy atom. The number of carbonyl (C=O) groups excluding carboxylic acids is 2. The first-order valence-electron chi connectivity index (χ1n) is 11.6. The molecule has 1 aromatic heterocycles. The van der Waals surface area contributed by atoms with Gasteiger partial charge in [-0.05, 0) is 48.6 Å². The van der Waals surface area contributed by atoms with Crippen LogP contribution in [0.2, 0.25) is 10.0 Å². The van der Waals surface area contributed by atoms with E-state index in [1.807, 2.05) is 59.5 Å². The van der Waals surface area contributed by atoms with Crippen LogP contribution in [0.5, 0.6) is 0 Å². The molecule has 0 unspecified atom stereocenters. The molecule has 0 bridgehead atoms. The number of thiophene rings is 1. The minimum atomic E-state index is -0.384. The Hall–Kier alpha value is -3.17. The number of carbonyl (C=O) groups is 2. The zero-order chi connectivity index (χ0) is 25.9. The monoisotopic (exact) mass is 568 g/mol. The van der Waals surface area contributed by atoms with Gasteiger partial charge < -0.3 is 15.1 Å². The van der Waals surface area contributed by atoms with Crippen LogP contribution in [0, 0.1) is 0 Å². The number of hydrogen-bond donors (Lipinski definition) is 2. The van der Waals surface area contributed by atoms with E-state index in [0.717, 1.165) is 21.5 Å². The van der Waals surface area contributed by atoms with Crippen molar-refractivity contribution in [2.24, 2.45) is 0 Å². The molecule has 188 valence electrons. The first-order valence-corrected chi connectivity index (χ1v) is 13.6. The molecule has 2 heterocycles. The van der Waals surface area contributed by atoms with Gasteiger partial charge in [0.25, 0.3) is 11.8 Å². The quantitative estimate of drug-likeness (QED) is 0.283. The highest BCUT2D eigenvalue weighted by molar-refractivity contribution is 7.80. The summed E-state index contributed by atoms with van der Waals surface area (Å²) in [6.45, 7) is 2.57. The molecule has 0 spiro atoms. The predicted molar refractivity (Wildman–Crippen MR) is 157 cm³/mol. The third-order valence-electron chi connectivity index (χ3n) is 6.11. The zero-order valence-corrected chi connectivity index (χ0v) is 22.7. The molecule has 0 aliphatic carbocycles. The molecule has 6 nitrogen and oxygen atoms in total. The molecule has 1 aliphatic heterocycles. The van der Waals surface area contributed by atoms with Crippen LogP contribution in [0.15, 0.2) is 72.8 Å². The van der Waals surface area contributed by atoms with Gasteiger partial charge in [0, 0.05) is 46.9 Å². The minimum Gasteiger partial charge on any atom is -0.366 e. The molecular weight excluding hydrogens is 547 g/mol. The van der Waals surface area contributed by atoms with Crippen molar-refractivity contribution in [2.45, 2.75) is 0 Å². The average Bonchev–Trinajstić information content (AvgIpc) is 3.24. The van der Waals surface area contributed by atoms with Crippen molar-refractivity contribution in [3.63, 3.8) is 0 Å². The van der Waals surface area contributed by atoms with Crippen molar-refractivity contribution in [3.05, 3.63) is 93.3 Å². The van der Waals surface area contributed by atoms with Gasteiger partial charge >= 0.3 is 0 Å². The number of anilines is 2. The largest absolute Gasteiger partial charge is 0.366 e. The molecule has 1 fully saturated rings. The Morgan fingerprint density at radius 1 is 0.892 bits per heavy atom. The third-order valence-corrected chi connectivity index (χ3v) is 8.20. The normalized spacial score (nSPS) is 13.5. The lowest BCUT2D eigenvalue weighted by atomic mass is 10.1. The minimum absolute atomic E-state index is 0.0396. The van der Waals surface area contributed by atoms with Gasteiger partial charge in [-0.3, -0.25) is 14.9 Å². The summed E-state index contributed by atoms with van der Waals surface area (Å²) in [5.41, 5.74) is 2.41. The van der Waals surface area contributed by atoms with Crippen molar-refractivity contribution in [1.29, 1.82) is 0 Å². The van der Waals surface area contributed by atoms with Gasteiger partial charge in [0.1, 0.15) is 4.88 Å². The van der Waals surface area contributed by atoms with Gasteiger partial charge in [-0.15, -0.1) is 11.3 Å². The Balaban J connectivity index is 1.24. The van der Waals surface area contributed by atoms with E-state index in [0.29, 0.717) is 46.7 Å². The standard InChI is InChI=1S/C27H22Cl2N4O2S2/c28-18-10-11-19-22(16-18)37-24(23(19)29)25(34)31-27(36)30-20-8-4-5-9-21(20)32-12-14-33(15-13-32)26(35)17-6-2-1-3-7-17/h1-11,16H,12-15H2,(H2,30,31,34,36). The van der Waals surface area contributed by atoms with Crippen molar-refractivity contribution < 1.29 is 9.59 Å². The molecule has 1 aliphatic rings. The number of nitrogens with zero attached hydrogens (tertiary/aromatic N) is 2. The van der Waals surface area contributed by atoms with Crippen LogP contribution in [0.25, 0.3) is 10.1 Å². The molecule has 3 aromatic carbocycles. The van der Waals surface area contributed by atoms with E-state index >= 15 is 0 Å². The summed E-state index contributed by atoms with van der Waals surface area (Å²) >= 11 is 19.2. The number of nitrogens with one attached hydrogen (secondary N) is 2. The smallest absolute Gasteiger partial charge is 0.269 e. The number of piperazine rings is 1. The van der Waals surface area contributed by atoms with Crippen LogP contribution < -0.4 is 15.5 Å². The molecule has 1 saturated heterocycles. The Bertz CT molecular complexity index is 1480. The summed E-state index contributed by atoms with van der Waals surface area (Å²) in [4.78, 5) is 30.2. The van der Waals surface area contributed by atoms with Gasteiger partial charge in [0.2, 0.25) is 0 Å². The van der Waals surface area contributed by atoms with Crippen LogP contribution in [0.1, 0.15) is 20.0 Å². The highest BCUT2D eigenvalue weighted by atomic mass is 35.5. The van der Waals surface area contributed by atoms with Gasteiger partial charge in [-0.1, -0.05) is 59.6 Å². The van der Waals surface area contributed by atoms with E-state index in [2.05, 4.69) is 15.5 Å². The second-order valence-corrected chi connectivity index (χ2v) is 10.7. The number of amides is 2. The lowest BCUT2D eigenvalue weighted by Crippen LogP contribution is -2.49. The number of hydrogen-bond acceptors (Lipinski definition) is 5. The molecule has 4 aromatic rings. The fraction of sp³-hybridized carbons (Fsp3) is 0.148. The Kier molecular flexibility index (Phi) is 7.62. The van der Waals surface area contributed by atoms with Crippen LogP contribution >= 0.6 is 46.8 Å².